The molecule has 0 amide bonds. The summed E-state index contributed by atoms with van der Waals surface area (Å²) in [5.74, 6) is 0.587. The van der Waals surface area contributed by atoms with Gasteiger partial charge in [-0.1, -0.05) is 30.3 Å². The fraction of sp³-hybridized carbons (Fsp3) is 0. The highest BCUT2D eigenvalue weighted by Gasteiger charge is 2.20. The van der Waals surface area contributed by atoms with Crippen LogP contribution in [0.4, 0.5) is 11.4 Å². The highest BCUT2D eigenvalue weighted by molar-refractivity contribution is 5.92. The van der Waals surface area contributed by atoms with Crippen molar-refractivity contribution in [2.75, 3.05) is 5.73 Å². The van der Waals surface area contributed by atoms with Gasteiger partial charge in [-0.05, 0) is 12.1 Å². The maximum absolute atomic E-state index is 11.1. The van der Waals surface area contributed by atoms with E-state index in [0.29, 0.717) is 11.3 Å². The Morgan fingerprint density at radius 2 is 1.89 bits per heavy atom. The molecular weight excluding hydrogens is 244 g/mol. The molecule has 94 valence electrons. The molecule has 0 saturated heterocycles. The van der Waals surface area contributed by atoms with Crippen LogP contribution in [0.1, 0.15) is 0 Å². The lowest BCUT2D eigenvalue weighted by Gasteiger charge is -1.96. The molecule has 0 aliphatic carbocycles. The Balaban J connectivity index is 2.27. The van der Waals surface area contributed by atoms with Gasteiger partial charge in [0.25, 0.3) is 0 Å². The number of nitrogens with two attached hydrogens (primary N) is 1. The molecule has 0 spiro atoms. The van der Waals surface area contributed by atoms with E-state index in [0.717, 1.165) is 5.56 Å². The number of hydrogen-bond acceptors (Lipinski definition) is 4. The number of nitrogen functional groups attached to an aromatic ring is 1. The van der Waals surface area contributed by atoms with E-state index in [2.05, 4.69) is 9.97 Å². The van der Waals surface area contributed by atoms with Crippen LogP contribution in [0.3, 0.4) is 0 Å². The maximum Gasteiger partial charge on any atom is 0.319 e. The molecule has 0 radical (unpaired) electrons. The summed E-state index contributed by atoms with van der Waals surface area (Å²) >= 11 is 0. The number of benzene rings is 2. The van der Waals surface area contributed by atoms with Crippen LogP contribution >= 0.6 is 0 Å². The van der Waals surface area contributed by atoms with Crippen molar-refractivity contribution in [2.24, 2.45) is 0 Å². The number of rotatable bonds is 2. The predicted molar refractivity (Wildman–Crippen MR) is 72.6 cm³/mol. The average molecular weight is 254 g/mol. The molecule has 6 nitrogen and oxygen atoms in total. The number of aromatic amines is 1. The molecule has 1 heterocycles. The van der Waals surface area contributed by atoms with Gasteiger partial charge in [-0.15, -0.1) is 0 Å². The Bertz CT molecular complexity index is 765. The molecular formula is C13H10N4O2. The lowest BCUT2D eigenvalue weighted by molar-refractivity contribution is -0.382. The summed E-state index contributed by atoms with van der Waals surface area (Å²) < 4.78 is 0. The third-order valence-corrected chi connectivity index (χ3v) is 2.89. The van der Waals surface area contributed by atoms with Gasteiger partial charge in [0.15, 0.2) is 5.52 Å². The summed E-state index contributed by atoms with van der Waals surface area (Å²) in [4.78, 5) is 17.9. The molecule has 2 aromatic carbocycles. The normalized spacial score (nSPS) is 10.7. The number of anilines is 1. The lowest BCUT2D eigenvalue weighted by atomic mass is 10.2. The number of nitro groups is 1. The molecule has 3 N–H and O–H groups in total. The van der Waals surface area contributed by atoms with Crippen molar-refractivity contribution >= 4 is 22.4 Å². The predicted octanol–water partition coefficient (Wildman–Crippen LogP) is 2.72. The van der Waals surface area contributed by atoms with E-state index < -0.39 is 4.92 Å². The van der Waals surface area contributed by atoms with E-state index in [9.17, 15) is 10.1 Å². The fourth-order valence-corrected chi connectivity index (χ4v) is 2.00. The van der Waals surface area contributed by atoms with Crippen LogP contribution in [-0.2, 0) is 0 Å². The summed E-state index contributed by atoms with van der Waals surface area (Å²) in [6.45, 7) is 0. The second-order valence-electron chi connectivity index (χ2n) is 4.11. The molecule has 3 aromatic rings. The first-order chi connectivity index (χ1) is 9.16. The summed E-state index contributed by atoms with van der Waals surface area (Å²) in [5.41, 5.74) is 7.34. The average Bonchev–Trinajstić information content (AvgIpc) is 2.83. The van der Waals surface area contributed by atoms with E-state index in [1.165, 1.54) is 6.07 Å². The summed E-state index contributed by atoms with van der Waals surface area (Å²) in [7, 11) is 0. The highest BCUT2D eigenvalue weighted by atomic mass is 16.6. The Labute approximate surface area is 108 Å². The minimum atomic E-state index is -0.507. The fourth-order valence-electron chi connectivity index (χ4n) is 2.00. The van der Waals surface area contributed by atoms with Gasteiger partial charge in [0.1, 0.15) is 11.5 Å². The van der Waals surface area contributed by atoms with Crippen molar-refractivity contribution in [3.63, 3.8) is 0 Å². The zero-order valence-corrected chi connectivity index (χ0v) is 9.83. The first kappa shape index (κ1) is 11.2. The van der Waals surface area contributed by atoms with Gasteiger partial charge in [-0.3, -0.25) is 10.1 Å². The topological polar surface area (TPSA) is 97.8 Å². The molecule has 0 saturated carbocycles. The van der Waals surface area contributed by atoms with Crippen LogP contribution in [0.25, 0.3) is 22.4 Å². The Morgan fingerprint density at radius 3 is 2.58 bits per heavy atom. The van der Waals surface area contributed by atoms with Gasteiger partial charge >= 0.3 is 5.69 Å². The number of nitrogens with zero attached hydrogens (tertiary/aromatic N) is 2. The van der Waals surface area contributed by atoms with E-state index in [1.54, 1.807) is 6.07 Å². The van der Waals surface area contributed by atoms with Gasteiger partial charge in [-0.2, -0.15) is 0 Å². The minimum Gasteiger partial charge on any atom is -0.393 e. The van der Waals surface area contributed by atoms with Crippen LogP contribution in [0, 0.1) is 10.1 Å². The van der Waals surface area contributed by atoms with E-state index in [1.807, 2.05) is 30.3 Å². The second-order valence-corrected chi connectivity index (χ2v) is 4.11. The molecule has 0 aliphatic heterocycles. The van der Waals surface area contributed by atoms with Gasteiger partial charge in [0.05, 0.1) is 10.4 Å². The minimum absolute atomic E-state index is 0.114. The van der Waals surface area contributed by atoms with Crippen molar-refractivity contribution in [1.82, 2.24) is 9.97 Å². The quantitative estimate of drug-likeness (QED) is 0.417. The molecule has 0 aliphatic rings. The van der Waals surface area contributed by atoms with Gasteiger partial charge in [0, 0.05) is 5.56 Å². The number of fused-ring (bicyclic) bond motifs is 1. The molecule has 0 unspecified atom stereocenters. The molecule has 3 rings (SSSR count). The Kier molecular flexibility index (Phi) is 2.42. The first-order valence-corrected chi connectivity index (χ1v) is 5.65. The van der Waals surface area contributed by atoms with Crippen molar-refractivity contribution in [1.29, 1.82) is 0 Å². The van der Waals surface area contributed by atoms with E-state index in [4.69, 9.17) is 5.73 Å². The van der Waals surface area contributed by atoms with Crippen molar-refractivity contribution in [3.05, 3.63) is 52.6 Å². The Hall–Kier alpha value is -2.89. The number of imidazole rings is 1. The molecule has 19 heavy (non-hydrogen) atoms. The number of H-pyrrole nitrogens is 1. The van der Waals surface area contributed by atoms with Crippen molar-refractivity contribution in [3.8, 4) is 11.4 Å². The van der Waals surface area contributed by atoms with Crippen LogP contribution in [-0.4, -0.2) is 14.9 Å². The highest BCUT2D eigenvalue weighted by Crippen LogP contribution is 2.31. The molecule has 1 aromatic heterocycles. The van der Waals surface area contributed by atoms with Gasteiger partial charge < -0.3 is 10.7 Å². The molecule has 6 heteroatoms. The summed E-state index contributed by atoms with van der Waals surface area (Å²) in [6, 6.07) is 12.6. The maximum atomic E-state index is 11.1. The lowest BCUT2D eigenvalue weighted by Crippen LogP contribution is -1.96. The smallest absolute Gasteiger partial charge is 0.319 e. The third-order valence-electron chi connectivity index (χ3n) is 2.89. The van der Waals surface area contributed by atoms with Crippen LogP contribution < -0.4 is 5.73 Å². The SMILES string of the molecule is Nc1ccc2[nH]c(-c3ccccc3)nc2c1[N+](=O)[O-]. The number of nitro benzene ring substituents is 1. The van der Waals surface area contributed by atoms with Crippen LogP contribution in [0.15, 0.2) is 42.5 Å². The first-order valence-electron chi connectivity index (χ1n) is 5.65. The van der Waals surface area contributed by atoms with Gasteiger partial charge in [-0.25, -0.2) is 4.98 Å². The van der Waals surface area contributed by atoms with Crippen molar-refractivity contribution in [2.45, 2.75) is 0 Å². The van der Waals surface area contributed by atoms with E-state index >= 15 is 0 Å². The standard InChI is InChI=1S/C13H10N4O2/c14-9-6-7-10-11(12(9)17(18)19)16-13(15-10)8-4-2-1-3-5-8/h1-7H,14H2,(H,15,16). The third kappa shape index (κ3) is 1.79. The number of aromatic nitrogens is 2. The zero-order chi connectivity index (χ0) is 13.4. The monoisotopic (exact) mass is 254 g/mol. The van der Waals surface area contributed by atoms with Crippen molar-refractivity contribution < 1.29 is 4.92 Å². The largest absolute Gasteiger partial charge is 0.393 e. The Morgan fingerprint density at radius 1 is 1.16 bits per heavy atom. The van der Waals surface area contributed by atoms with Gasteiger partial charge in [0.2, 0.25) is 0 Å². The zero-order valence-electron chi connectivity index (χ0n) is 9.83. The molecule has 0 bridgehead atoms. The number of hydrogen-bond donors (Lipinski definition) is 2. The van der Waals surface area contributed by atoms with E-state index in [-0.39, 0.29) is 16.9 Å². The van der Waals surface area contributed by atoms with Crippen LogP contribution in [0.2, 0.25) is 0 Å². The second kappa shape index (κ2) is 4.09. The number of nitrogens with one attached hydrogen (secondary N) is 1. The molecule has 0 fully saturated rings. The molecule has 0 atom stereocenters. The summed E-state index contributed by atoms with van der Waals surface area (Å²) in [6.07, 6.45) is 0. The summed E-state index contributed by atoms with van der Waals surface area (Å²) in [5, 5.41) is 11.1. The van der Waals surface area contributed by atoms with Crippen LogP contribution in [0.5, 0.6) is 0 Å².